The van der Waals surface area contributed by atoms with Crippen molar-refractivity contribution in [3.05, 3.63) is 29.8 Å². The Morgan fingerprint density at radius 1 is 0.962 bits per heavy atom. The average molecular weight is 396 g/mol. The Hall–Kier alpha value is -0.626. The van der Waals surface area contributed by atoms with Gasteiger partial charge in [-0.1, -0.05) is 53.7 Å². The molecule has 0 bridgehead atoms. The second-order valence-electron chi connectivity index (χ2n) is 10.8. The van der Waals surface area contributed by atoms with Gasteiger partial charge in [0.15, 0.2) is 9.76 Å². The SMILES string of the molecule is CC(C)(C)[SiH2]OC(C)(C)[C@H](N)Cc1ccc(O[Si](C)(C)C(C)(C)C)cc1. The molecule has 5 heteroatoms. The van der Waals surface area contributed by atoms with Crippen LogP contribution in [0.3, 0.4) is 0 Å². The minimum absolute atomic E-state index is 0.0236. The molecule has 0 saturated heterocycles. The van der Waals surface area contributed by atoms with Crippen LogP contribution in [0.5, 0.6) is 5.75 Å². The maximum absolute atomic E-state index is 6.48. The van der Waals surface area contributed by atoms with E-state index in [2.05, 4.69) is 92.7 Å². The first-order valence-corrected chi connectivity index (χ1v) is 13.9. The van der Waals surface area contributed by atoms with Gasteiger partial charge in [0.1, 0.15) is 5.75 Å². The van der Waals surface area contributed by atoms with Crippen LogP contribution in [0.4, 0.5) is 0 Å². The summed E-state index contributed by atoms with van der Waals surface area (Å²) in [7, 11) is -2.42. The van der Waals surface area contributed by atoms with Crippen LogP contribution in [-0.4, -0.2) is 29.7 Å². The fourth-order valence-corrected chi connectivity index (χ4v) is 4.20. The lowest BCUT2D eigenvalue weighted by Gasteiger charge is -2.36. The van der Waals surface area contributed by atoms with Crippen LogP contribution in [0, 0.1) is 0 Å². The maximum Gasteiger partial charge on any atom is 0.250 e. The molecule has 0 fully saturated rings. The van der Waals surface area contributed by atoms with Crippen LogP contribution < -0.4 is 10.2 Å². The Morgan fingerprint density at radius 3 is 1.88 bits per heavy atom. The zero-order valence-electron chi connectivity index (χ0n) is 18.7. The third-order valence-electron chi connectivity index (χ3n) is 5.33. The lowest BCUT2D eigenvalue weighted by atomic mass is 9.93. The monoisotopic (exact) mass is 395 g/mol. The van der Waals surface area contributed by atoms with Gasteiger partial charge in [-0.25, -0.2) is 0 Å². The summed E-state index contributed by atoms with van der Waals surface area (Å²) in [6, 6.07) is 8.42. The van der Waals surface area contributed by atoms with Gasteiger partial charge in [-0.05, 0) is 61.1 Å². The summed E-state index contributed by atoms with van der Waals surface area (Å²) >= 11 is 0. The normalized spacial score (nSPS) is 15.5. The van der Waals surface area contributed by atoms with Gasteiger partial charge in [-0.15, -0.1) is 0 Å². The molecule has 0 aromatic heterocycles. The van der Waals surface area contributed by atoms with E-state index in [1.54, 1.807) is 0 Å². The van der Waals surface area contributed by atoms with Crippen LogP contribution >= 0.6 is 0 Å². The molecular weight excluding hydrogens is 354 g/mol. The molecule has 26 heavy (non-hydrogen) atoms. The number of rotatable bonds is 7. The molecule has 1 atom stereocenters. The zero-order chi connectivity index (χ0) is 20.4. The highest BCUT2D eigenvalue weighted by molar-refractivity contribution is 6.74. The number of hydrogen-bond donors (Lipinski definition) is 1. The molecule has 150 valence electrons. The summed E-state index contributed by atoms with van der Waals surface area (Å²) < 4.78 is 12.6. The van der Waals surface area contributed by atoms with Crippen molar-refractivity contribution in [2.45, 2.75) is 96.6 Å². The van der Waals surface area contributed by atoms with Crippen LogP contribution in [0.1, 0.15) is 61.0 Å². The molecule has 0 aliphatic heterocycles. The molecule has 2 N–H and O–H groups in total. The highest BCUT2D eigenvalue weighted by Gasteiger charge is 2.39. The maximum atomic E-state index is 6.48. The summed E-state index contributed by atoms with van der Waals surface area (Å²) in [4.78, 5) is 0. The van der Waals surface area contributed by atoms with Gasteiger partial charge < -0.3 is 14.6 Å². The molecule has 3 nitrogen and oxygen atoms in total. The van der Waals surface area contributed by atoms with Crippen molar-refractivity contribution in [1.82, 2.24) is 0 Å². The van der Waals surface area contributed by atoms with Gasteiger partial charge >= 0.3 is 0 Å². The summed E-state index contributed by atoms with van der Waals surface area (Å²) in [6.45, 7) is 22.3. The highest BCUT2D eigenvalue weighted by Crippen LogP contribution is 2.37. The largest absolute Gasteiger partial charge is 0.544 e. The zero-order valence-corrected chi connectivity index (χ0v) is 21.1. The van der Waals surface area contributed by atoms with Crippen LogP contribution in [0.2, 0.25) is 23.2 Å². The van der Waals surface area contributed by atoms with E-state index in [-0.39, 0.29) is 21.7 Å². The number of nitrogens with two attached hydrogens (primary N) is 1. The van der Waals surface area contributed by atoms with Crippen molar-refractivity contribution in [3.8, 4) is 5.75 Å². The highest BCUT2D eigenvalue weighted by atomic mass is 28.4. The van der Waals surface area contributed by atoms with Crippen molar-refractivity contribution in [2.75, 3.05) is 0 Å². The van der Waals surface area contributed by atoms with Crippen molar-refractivity contribution in [1.29, 1.82) is 0 Å². The fraction of sp³-hybridized carbons (Fsp3) is 0.714. The van der Waals surface area contributed by atoms with Crippen molar-refractivity contribution >= 4 is 18.1 Å². The molecule has 1 aromatic rings. The third kappa shape index (κ3) is 7.18. The van der Waals surface area contributed by atoms with Crippen LogP contribution in [0.15, 0.2) is 24.3 Å². The Balaban J connectivity index is 2.72. The Morgan fingerprint density at radius 2 is 1.46 bits per heavy atom. The first-order chi connectivity index (χ1) is 11.5. The molecular formula is C21H41NO2Si2. The van der Waals surface area contributed by atoms with Gasteiger partial charge in [0.05, 0.1) is 5.60 Å². The quantitative estimate of drug-likeness (QED) is 0.658. The van der Waals surface area contributed by atoms with E-state index < -0.39 is 18.1 Å². The first kappa shape index (κ1) is 23.4. The van der Waals surface area contributed by atoms with Crippen LogP contribution in [0.25, 0.3) is 0 Å². The van der Waals surface area contributed by atoms with Gasteiger partial charge in [0, 0.05) is 6.04 Å². The molecule has 0 spiro atoms. The average Bonchev–Trinajstić information content (AvgIpc) is 2.45. The molecule has 0 aliphatic carbocycles. The summed E-state index contributed by atoms with van der Waals surface area (Å²) in [5, 5.41) is 0.478. The van der Waals surface area contributed by atoms with E-state index in [4.69, 9.17) is 14.6 Å². The lowest BCUT2D eigenvalue weighted by molar-refractivity contribution is 0.0798. The van der Waals surface area contributed by atoms with Crippen molar-refractivity contribution < 1.29 is 8.85 Å². The van der Waals surface area contributed by atoms with Gasteiger partial charge in [0.25, 0.3) is 0 Å². The fourth-order valence-electron chi connectivity index (χ4n) is 2.15. The topological polar surface area (TPSA) is 44.5 Å². The molecule has 0 unspecified atom stereocenters. The molecule has 0 amide bonds. The van der Waals surface area contributed by atoms with E-state index in [0.717, 1.165) is 12.2 Å². The second kappa shape index (κ2) is 8.17. The van der Waals surface area contributed by atoms with E-state index in [1.807, 2.05) is 0 Å². The van der Waals surface area contributed by atoms with Crippen molar-refractivity contribution in [2.24, 2.45) is 5.73 Å². The summed E-state index contributed by atoms with van der Waals surface area (Å²) in [5.74, 6) is 0.963. The molecule has 0 heterocycles. The minimum Gasteiger partial charge on any atom is -0.544 e. The molecule has 0 saturated carbocycles. The molecule has 0 aliphatic rings. The number of hydrogen-bond acceptors (Lipinski definition) is 3. The predicted octanol–water partition coefficient (Wildman–Crippen LogP) is 5.04. The predicted molar refractivity (Wildman–Crippen MR) is 119 cm³/mol. The van der Waals surface area contributed by atoms with Crippen molar-refractivity contribution in [3.63, 3.8) is 0 Å². The van der Waals surface area contributed by atoms with E-state index in [0.29, 0.717) is 0 Å². The smallest absolute Gasteiger partial charge is 0.250 e. The van der Waals surface area contributed by atoms with Gasteiger partial charge in [-0.2, -0.15) is 0 Å². The van der Waals surface area contributed by atoms with E-state index in [9.17, 15) is 0 Å². The summed E-state index contributed by atoms with van der Waals surface area (Å²) in [5.41, 5.74) is 7.42. The minimum atomic E-state index is -1.79. The standard InChI is InChI=1S/C21H41NO2Si2/c1-19(2,3)25-24-21(7,8)18(22)15-16-11-13-17(14-12-16)23-26(9,10)20(4,5)6/h11-14,18H,15,22,25H2,1-10H3/t18-/m1/s1. The second-order valence-corrected chi connectivity index (χ2v) is 18.2. The third-order valence-corrected chi connectivity index (χ3v) is 11.4. The van der Waals surface area contributed by atoms with Gasteiger partial charge in [0.2, 0.25) is 8.32 Å². The Bertz CT molecular complexity index is 569. The number of benzene rings is 1. The Labute approximate surface area is 165 Å². The molecule has 1 rings (SSSR count). The lowest BCUT2D eigenvalue weighted by Crippen LogP contribution is -2.48. The van der Waals surface area contributed by atoms with Crippen LogP contribution in [-0.2, 0) is 10.8 Å². The van der Waals surface area contributed by atoms with Gasteiger partial charge in [-0.3, -0.25) is 0 Å². The van der Waals surface area contributed by atoms with E-state index in [1.165, 1.54) is 5.56 Å². The first-order valence-electron chi connectivity index (χ1n) is 9.71. The molecule has 1 aromatic carbocycles. The van der Waals surface area contributed by atoms with E-state index >= 15 is 0 Å². The summed E-state index contributed by atoms with van der Waals surface area (Å²) in [6.07, 6.45) is 0.811. The Kier molecular flexibility index (Phi) is 7.36. The molecule has 0 radical (unpaired) electrons.